The molecule has 0 saturated carbocycles. The van der Waals surface area contributed by atoms with Crippen LogP contribution in [0.4, 0.5) is 4.79 Å². The third-order valence-electron chi connectivity index (χ3n) is 2.29. The van der Waals surface area contributed by atoms with Crippen LogP contribution in [-0.4, -0.2) is 47.7 Å². The summed E-state index contributed by atoms with van der Waals surface area (Å²) in [5.41, 5.74) is -0.530. The molecule has 1 aromatic heterocycles. The Bertz CT molecular complexity index is 483. The zero-order valence-electron chi connectivity index (χ0n) is 13.8. The number of thioether (sulfide) groups is 1. The lowest BCUT2D eigenvalue weighted by atomic mass is 10.2. The predicted octanol–water partition coefficient (Wildman–Crippen LogP) is 2.50. The van der Waals surface area contributed by atoms with Crippen molar-refractivity contribution in [2.24, 2.45) is 0 Å². The SMILES string of the molecule is COc1cc(OC[C@@H](C)NC(=O)OC(C)(C)C)nc(SC)n1. The number of carbonyl (C=O) groups is 1. The molecule has 0 unspecified atom stereocenters. The molecule has 1 atom stereocenters. The summed E-state index contributed by atoms with van der Waals surface area (Å²) < 4.78 is 15.8. The molecule has 0 aromatic carbocycles. The fourth-order valence-corrected chi connectivity index (χ4v) is 1.78. The molecule has 1 amide bonds. The highest BCUT2D eigenvalue weighted by Gasteiger charge is 2.18. The lowest BCUT2D eigenvalue weighted by Gasteiger charge is -2.22. The molecule has 0 spiro atoms. The highest BCUT2D eigenvalue weighted by Crippen LogP contribution is 2.20. The number of ether oxygens (including phenoxy) is 3. The zero-order chi connectivity index (χ0) is 16.8. The normalized spacial score (nSPS) is 12.5. The van der Waals surface area contributed by atoms with Gasteiger partial charge in [0.2, 0.25) is 11.8 Å². The number of methoxy groups -OCH3 is 1. The van der Waals surface area contributed by atoms with Crippen LogP contribution in [0.5, 0.6) is 11.8 Å². The van der Waals surface area contributed by atoms with E-state index in [0.29, 0.717) is 16.9 Å². The zero-order valence-corrected chi connectivity index (χ0v) is 14.6. The number of nitrogens with one attached hydrogen (secondary N) is 1. The van der Waals surface area contributed by atoms with E-state index in [1.807, 2.05) is 34.0 Å². The molecular weight excluding hydrogens is 306 g/mol. The Morgan fingerprint density at radius 1 is 1.36 bits per heavy atom. The minimum atomic E-state index is -0.530. The number of alkyl carbamates (subject to hydrolysis) is 1. The molecule has 0 radical (unpaired) electrons. The van der Waals surface area contributed by atoms with Gasteiger partial charge in [0.15, 0.2) is 5.16 Å². The second-order valence-electron chi connectivity index (χ2n) is 5.59. The molecule has 124 valence electrons. The second-order valence-corrected chi connectivity index (χ2v) is 6.37. The molecule has 0 saturated heterocycles. The maximum Gasteiger partial charge on any atom is 0.407 e. The molecule has 0 fully saturated rings. The van der Waals surface area contributed by atoms with Crippen LogP contribution in [0, 0.1) is 0 Å². The van der Waals surface area contributed by atoms with E-state index >= 15 is 0 Å². The molecule has 0 aliphatic heterocycles. The van der Waals surface area contributed by atoms with E-state index in [2.05, 4.69) is 15.3 Å². The highest BCUT2D eigenvalue weighted by atomic mass is 32.2. The van der Waals surface area contributed by atoms with Crippen molar-refractivity contribution in [3.8, 4) is 11.8 Å². The summed E-state index contributed by atoms with van der Waals surface area (Å²) in [6.45, 7) is 7.51. The molecule has 1 heterocycles. The van der Waals surface area contributed by atoms with Gasteiger partial charge in [-0.2, -0.15) is 9.97 Å². The first-order valence-electron chi connectivity index (χ1n) is 6.83. The van der Waals surface area contributed by atoms with Crippen LogP contribution in [0.3, 0.4) is 0 Å². The quantitative estimate of drug-likeness (QED) is 0.634. The van der Waals surface area contributed by atoms with Crippen molar-refractivity contribution in [3.05, 3.63) is 6.07 Å². The van der Waals surface area contributed by atoms with Gasteiger partial charge in [0, 0.05) is 0 Å². The smallest absolute Gasteiger partial charge is 0.407 e. The van der Waals surface area contributed by atoms with Crippen LogP contribution in [0.15, 0.2) is 11.2 Å². The van der Waals surface area contributed by atoms with Gasteiger partial charge in [-0.15, -0.1) is 0 Å². The average molecular weight is 329 g/mol. The van der Waals surface area contributed by atoms with Crippen LogP contribution >= 0.6 is 11.8 Å². The van der Waals surface area contributed by atoms with E-state index in [1.54, 1.807) is 6.07 Å². The van der Waals surface area contributed by atoms with Crippen molar-refractivity contribution in [1.29, 1.82) is 0 Å². The van der Waals surface area contributed by atoms with Crippen molar-refractivity contribution in [2.75, 3.05) is 20.0 Å². The Morgan fingerprint density at radius 3 is 2.55 bits per heavy atom. The first-order chi connectivity index (χ1) is 10.2. The van der Waals surface area contributed by atoms with Gasteiger partial charge in [-0.3, -0.25) is 0 Å². The summed E-state index contributed by atoms with van der Waals surface area (Å²) in [5.74, 6) is 0.830. The average Bonchev–Trinajstić information content (AvgIpc) is 2.42. The van der Waals surface area contributed by atoms with Gasteiger partial charge >= 0.3 is 6.09 Å². The molecule has 22 heavy (non-hydrogen) atoms. The van der Waals surface area contributed by atoms with E-state index in [0.717, 1.165) is 0 Å². The minimum Gasteiger partial charge on any atom is -0.481 e. The number of rotatable bonds is 6. The maximum atomic E-state index is 11.6. The Kier molecular flexibility index (Phi) is 6.73. The topological polar surface area (TPSA) is 82.6 Å². The lowest BCUT2D eigenvalue weighted by Crippen LogP contribution is -2.40. The van der Waals surface area contributed by atoms with Crippen LogP contribution in [0.2, 0.25) is 0 Å². The van der Waals surface area contributed by atoms with Crippen molar-refractivity contribution < 1.29 is 19.0 Å². The first kappa shape index (κ1) is 18.3. The minimum absolute atomic E-state index is 0.228. The van der Waals surface area contributed by atoms with E-state index in [1.165, 1.54) is 18.9 Å². The summed E-state index contributed by atoms with van der Waals surface area (Å²) in [6.07, 6.45) is 1.39. The molecule has 0 aliphatic rings. The highest BCUT2D eigenvalue weighted by molar-refractivity contribution is 7.98. The van der Waals surface area contributed by atoms with Gasteiger partial charge in [0.25, 0.3) is 0 Å². The molecule has 1 N–H and O–H groups in total. The number of carbonyl (C=O) groups excluding carboxylic acids is 1. The van der Waals surface area contributed by atoms with Crippen molar-refractivity contribution in [3.63, 3.8) is 0 Å². The molecule has 1 rings (SSSR count). The Balaban J connectivity index is 2.53. The van der Waals surface area contributed by atoms with Crippen LogP contribution in [-0.2, 0) is 4.74 Å². The van der Waals surface area contributed by atoms with Crippen molar-refractivity contribution in [2.45, 2.75) is 44.5 Å². The van der Waals surface area contributed by atoms with Crippen molar-refractivity contribution >= 4 is 17.9 Å². The van der Waals surface area contributed by atoms with E-state index in [-0.39, 0.29) is 12.6 Å². The molecule has 7 nitrogen and oxygen atoms in total. The maximum absolute atomic E-state index is 11.6. The monoisotopic (exact) mass is 329 g/mol. The molecule has 0 aliphatic carbocycles. The second kappa shape index (κ2) is 8.07. The van der Waals surface area contributed by atoms with Gasteiger partial charge in [-0.05, 0) is 34.0 Å². The summed E-state index contributed by atoms with van der Waals surface area (Å²) in [7, 11) is 1.53. The third kappa shape index (κ3) is 6.84. The standard InChI is InChI=1S/C14H23N3O4S/c1-9(15-13(18)21-14(2,3)4)8-20-11-7-10(19-5)16-12(17-11)22-6/h7,9H,8H2,1-6H3,(H,15,18)/t9-/m1/s1. The Hall–Kier alpha value is -1.70. The number of aromatic nitrogens is 2. The van der Waals surface area contributed by atoms with E-state index in [9.17, 15) is 4.79 Å². The number of nitrogens with zero attached hydrogens (tertiary/aromatic N) is 2. The van der Waals surface area contributed by atoms with Crippen molar-refractivity contribution in [1.82, 2.24) is 15.3 Å². The first-order valence-corrected chi connectivity index (χ1v) is 8.05. The van der Waals surface area contributed by atoms with Gasteiger partial charge in [-0.1, -0.05) is 11.8 Å². The van der Waals surface area contributed by atoms with E-state index in [4.69, 9.17) is 14.2 Å². The third-order valence-corrected chi connectivity index (χ3v) is 2.84. The number of hydrogen-bond donors (Lipinski definition) is 1. The Morgan fingerprint density at radius 2 is 2.00 bits per heavy atom. The lowest BCUT2D eigenvalue weighted by molar-refractivity contribution is 0.0493. The summed E-state index contributed by atoms with van der Waals surface area (Å²) in [6, 6.07) is 1.37. The predicted molar refractivity (Wildman–Crippen MR) is 84.7 cm³/mol. The molecular formula is C14H23N3O4S. The van der Waals surface area contributed by atoms with E-state index < -0.39 is 11.7 Å². The van der Waals surface area contributed by atoms with Gasteiger partial charge < -0.3 is 19.5 Å². The van der Waals surface area contributed by atoms with Crippen LogP contribution in [0.25, 0.3) is 0 Å². The van der Waals surface area contributed by atoms with Crippen LogP contribution < -0.4 is 14.8 Å². The molecule has 0 bridgehead atoms. The number of amides is 1. The molecule has 1 aromatic rings. The van der Waals surface area contributed by atoms with Gasteiger partial charge in [0.1, 0.15) is 12.2 Å². The largest absolute Gasteiger partial charge is 0.481 e. The van der Waals surface area contributed by atoms with Gasteiger partial charge in [0.05, 0.1) is 19.2 Å². The summed E-state index contributed by atoms with van der Waals surface area (Å²) in [5, 5.41) is 3.26. The number of hydrogen-bond acceptors (Lipinski definition) is 7. The van der Waals surface area contributed by atoms with Gasteiger partial charge in [-0.25, -0.2) is 4.79 Å². The van der Waals surface area contributed by atoms with Crippen LogP contribution in [0.1, 0.15) is 27.7 Å². The molecule has 8 heteroatoms. The fraction of sp³-hybridized carbons (Fsp3) is 0.643. The fourth-order valence-electron chi connectivity index (χ4n) is 1.41. The summed E-state index contributed by atoms with van der Waals surface area (Å²) >= 11 is 1.39. The summed E-state index contributed by atoms with van der Waals surface area (Å²) in [4.78, 5) is 20.0. The Labute approximate surface area is 135 Å².